The molecule has 0 radical (unpaired) electrons. The molecule has 2 aromatic carbocycles. The summed E-state index contributed by atoms with van der Waals surface area (Å²) in [5, 5.41) is 15.1. The van der Waals surface area contributed by atoms with E-state index < -0.39 is 24.1 Å². The summed E-state index contributed by atoms with van der Waals surface area (Å²) in [6, 6.07) is 13.9. The van der Waals surface area contributed by atoms with Crippen molar-refractivity contribution in [2.75, 3.05) is 5.32 Å². The summed E-state index contributed by atoms with van der Waals surface area (Å²) in [7, 11) is 0. The van der Waals surface area contributed by atoms with Crippen LogP contribution in [0.2, 0.25) is 0 Å². The van der Waals surface area contributed by atoms with Crippen molar-refractivity contribution in [3.63, 3.8) is 0 Å². The number of para-hydroxylation sites is 2. The fourth-order valence-corrected chi connectivity index (χ4v) is 3.10. The summed E-state index contributed by atoms with van der Waals surface area (Å²) < 4.78 is 18.9. The van der Waals surface area contributed by atoms with Crippen LogP contribution in [0.25, 0.3) is 0 Å². The lowest BCUT2D eigenvalue weighted by Gasteiger charge is -2.20. The fraction of sp³-hybridized carbons (Fsp3) is 0.208. The van der Waals surface area contributed by atoms with Crippen molar-refractivity contribution in [3.05, 3.63) is 89.5 Å². The van der Waals surface area contributed by atoms with Gasteiger partial charge in [0.25, 0.3) is 5.91 Å². The number of hydrogen-bond acceptors (Lipinski definition) is 5. The highest BCUT2D eigenvalue weighted by atomic mass is 19.1. The molecule has 32 heavy (non-hydrogen) atoms. The molecule has 3 rings (SSSR count). The van der Waals surface area contributed by atoms with Crippen molar-refractivity contribution in [1.29, 1.82) is 0 Å². The Morgan fingerprint density at radius 3 is 2.47 bits per heavy atom. The van der Waals surface area contributed by atoms with E-state index in [1.165, 1.54) is 18.3 Å². The average Bonchev–Trinajstić information content (AvgIpc) is 2.79. The van der Waals surface area contributed by atoms with Crippen LogP contribution in [-0.2, 0) is 4.74 Å². The van der Waals surface area contributed by atoms with E-state index in [-0.39, 0.29) is 11.7 Å². The van der Waals surface area contributed by atoms with E-state index >= 15 is 0 Å². The maximum Gasteiger partial charge on any atom is 0.408 e. The van der Waals surface area contributed by atoms with Gasteiger partial charge < -0.3 is 20.5 Å². The largest absolute Gasteiger partial charge is 0.506 e. The molecular formula is C24H24FN3O4. The van der Waals surface area contributed by atoms with Crippen molar-refractivity contribution in [1.82, 2.24) is 10.3 Å². The predicted octanol–water partition coefficient (Wildman–Crippen LogP) is 5.12. The second-order valence-corrected chi connectivity index (χ2v) is 7.20. The minimum absolute atomic E-state index is 0.0221. The van der Waals surface area contributed by atoms with Crippen LogP contribution in [0.5, 0.6) is 5.75 Å². The molecule has 0 fully saturated rings. The first kappa shape index (κ1) is 22.7. The molecule has 2 amide bonds. The lowest BCUT2D eigenvalue weighted by Crippen LogP contribution is -2.28. The Morgan fingerprint density at radius 1 is 1.09 bits per heavy atom. The molecule has 0 bridgehead atoms. The number of phenolic OH excluding ortho intramolecular Hbond substituents is 1. The van der Waals surface area contributed by atoms with Gasteiger partial charge in [-0.1, -0.05) is 31.2 Å². The molecule has 0 unspecified atom stereocenters. The van der Waals surface area contributed by atoms with Crippen LogP contribution in [0.4, 0.5) is 14.9 Å². The van der Waals surface area contributed by atoms with Crippen LogP contribution in [0.1, 0.15) is 53.9 Å². The summed E-state index contributed by atoms with van der Waals surface area (Å²) in [5.41, 5.74) is 1.95. The first-order valence-corrected chi connectivity index (χ1v) is 10.1. The number of anilines is 1. The number of rotatable bonds is 7. The Labute approximate surface area is 185 Å². The second kappa shape index (κ2) is 10.4. The minimum Gasteiger partial charge on any atom is -0.506 e. The molecule has 0 saturated heterocycles. The lowest BCUT2D eigenvalue weighted by molar-refractivity contribution is 0.0924. The summed E-state index contributed by atoms with van der Waals surface area (Å²) in [5.74, 6) is -0.879. The van der Waals surface area contributed by atoms with Crippen molar-refractivity contribution in [2.45, 2.75) is 32.4 Å². The van der Waals surface area contributed by atoms with E-state index in [0.29, 0.717) is 23.2 Å². The first-order valence-electron chi connectivity index (χ1n) is 10.1. The zero-order valence-electron chi connectivity index (χ0n) is 17.7. The van der Waals surface area contributed by atoms with Gasteiger partial charge in [-0.15, -0.1) is 0 Å². The molecular weight excluding hydrogens is 413 g/mol. The summed E-state index contributed by atoms with van der Waals surface area (Å²) in [6.45, 7) is 3.58. The maximum absolute atomic E-state index is 13.3. The monoisotopic (exact) mass is 437 g/mol. The van der Waals surface area contributed by atoms with Crippen LogP contribution in [0.3, 0.4) is 0 Å². The maximum atomic E-state index is 13.3. The number of carbonyl (C=O) groups is 2. The van der Waals surface area contributed by atoms with Crippen LogP contribution < -0.4 is 10.6 Å². The molecule has 166 valence electrons. The number of nitrogens with one attached hydrogen (secondary N) is 2. The molecule has 2 atom stereocenters. The standard InChI is InChI=1S/C24H24FN3O4/c1-3-22(32-24(31)27-15(2)18-12-19(25)14-26-13-18)16-8-10-17(11-9-16)23(30)28-20-6-4-5-7-21(20)29/h4-15,22,29H,3H2,1-2H3,(H,27,31)(H,28,30)/t15-,22-/m0/s1. The Balaban J connectivity index is 1.61. The molecule has 0 aliphatic heterocycles. The van der Waals surface area contributed by atoms with Crippen LogP contribution in [0.15, 0.2) is 67.0 Å². The minimum atomic E-state index is -0.644. The molecule has 8 heteroatoms. The molecule has 0 spiro atoms. The van der Waals surface area contributed by atoms with Crippen LogP contribution in [0, 0.1) is 5.82 Å². The number of aromatic hydroxyl groups is 1. The summed E-state index contributed by atoms with van der Waals surface area (Å²) in [6.07, 6.45) is 1.92. The normalized spacial score (nSPS) is 12.5. The molecule has 0 aliphatic rings. The third kappa shape index (κ3) is 5.81. The van der Waals surface area contributed by atoms with Crippen molar-refractivity contribution in [2.24, 2.45) is 0 Å². The van der Waals surface area contributed by atoms with Crippen molar-refractivity contribution in [3.8, 4) is 5.75 Å². The molecule has 7 nitrogen and oxygen atoms in total. The third-order valence-electron chi connectivity index (χ3n) is 4.88. The van der Waals surface area contributed by atoms with Gasteiger partial charge in [0.05, 0.1) is 17.9 Å². The van der Waals surface area contributed by atoms with Gasteiger partial charge >= 0.3 is 6.09 Å². The van der Waals surface area contributed by atoms with Crippen LogP contribution in [-0.4, -0.2) is 22.1 Å². The number of nitrogens with zero attached hydrogens (tertiary/aromatic N) is 1. The molecule has 0 saturated carbocycles. The Hall–Kier alpha value is -3.94. The predicted molar refractivity (Wildman–Crippen MR) is 118 cm³/mol. The summed E-state index contributed by atoms with van der Waals surface area (Å²) >= 11 is 0. The highest BCUT2D eigenvalue weighted by Gasteiger charge is 2.18. The number of hydrogen-bond donors (Lipinski definition) is 3. The van der Waals surface area contributed by atoms with Gasteiger partial charge in [0.2, 0.25) is 0 Å². The second-order valence-electron chi connectivity index (χ2n) is 7.20. The van der Waals surface area contributed by atoms with Gasteiger partial charge in [0, 0.05) is 11.8 Å². The summed E-state index contributed by atoms with van der Waals surface area (Å²) in [4.78, 5) is 28.5. The van der Waals surface area contributed by atoms with Gasteiger partial charge in [-0.3, -0.25) is 9.78 Å². The van der Waals surface area contributed by atoms with E-state index in [4.69, 9.17) is 4.74 Å². The molecule has 1 aromatic heterocycles. The van der Waals surface area contributed by atoms with Crippen LogP contribution >= 0.6 is 0 Å². The van der Waals surface area contributed by atoms with E-state index in [2.05, 4.69) is 15.6 Å². The van der Waals surface area contributed by atoms with E-state index in [9.17, 15) is 19.1 Å². The quantitative estimate of drug-likeness (QED) is 0.446. The average molecular weight is 437 g/mol. The lowest BCUT2D eigenvalue weighted by atomic mass is 10.0. The molecule has 1 heterocycles. The number of phenols is 1. The number of carbonyl (C=O) groups excluding carboxylic acids is 2. The number of halogens is 1. The first-order chi connectivity index (χ1) is 15.4. The van der Waals surface area contributed by atoms with E-state index in [1.807, 2.05) is 6.92 Å². The number of pyridine rings is 1. The van der Waals surface area contributed by atoms with E-state index in [0.717, 1.165) is 11.8 Å². The fourth-order valence-electron chi connectivity index (χ4n) is 3.10. The SMILES string of the molecule is CC[C@H](OC(=O)N[C@@H](C)c1cncc(F)c1)c1ccc(C(=O)Nc2ccccc2O)cc1. The van der Waals surface area contributed by atoms with E-state index in [1.54, 1.807) is 49.4 Å². The number of amides is 2. The van der Waals surface area contributed by atoms with Gasteiger partial charge in [-0.05, 0) is 54.8 Å². The van der Waals surface area contributed by atoms with Gasteiger partial charge in [-0.25, -0.2) is 9.18 Å². The Bertz CT molecular complexity index is 1090. The Morgan fingerprint density at radius 2 is 1.81 bits per heavy atom. The zero-order chi connectivity index (χ0) is 23.1. The number of benzene rings is 2. The van der Waals surface area contributed by atoms with Crippen molar-refractivity contribution < 1.29 is 23.8 Å². The highest BCUT2D eigenvalue weighted by Crippen LogP contribution is 2.24. The van der Waals surface area contributed by atoms with Gasteiger partial charge in [0.1, 0.15) is 17.7 Å². The van der Waals surface area contributed by atoms with Gasteiger partial charge in [0.15, 0.2) is 0 Å². The topological polar surface area (TPSA) is 101 Å². The smallest absolute Gasteiger partial charge is 0.408 e. The van der Waals surface area contributed by atoms with Gasteiger partial charge in [-0.2, -0.15) is 0 Å². The third-order valence-corrected chi connectivity index (χ3v) is 4.88. The number of aromatic nitrogens is 1. The molecule has 0 aliphatic carbocycles. The molecule has 3 N–H and O–H groups in total. The number of ether oxygens (including phenoxy) is 1. The Kier molecular flexibility index (Phi) is 7.38. The van der Waals surface area contributed by atoms with Crippen molar-refractivity contribution >= 4 is 17.7 Å². The number of alkyl carbamates (subject to hydrolysis) is 1. The molecule has 3 aromatic rings. The zero-order valence-corrected chi connectivity index (χ0v) is 17.7. The highest BCUT2D eigenvalue weighted by molar-refractivity contribution is 6.05.